The second-order valence-corrected chi connectivity index (χ2v) is 14.8. The summed E-state index contributed by atoms with van der Waals surface area (Å²) >= 11 is 0. The molecule has 6 rings (SSSR count). The first-order chi connectivity index (χ1) is 15.8. The van der Waals surface area contributed by atoms with Crippen molar-refractivity contribution in [3.8, 4) is 0 Å². The zero-order valence-electron chi connectivity index (χ0n) is 22.3. The van der Waals surface area contributed by atoms with Crippen LogP contribution in [0.2, 0.25) is 0 Å². The molecule has 12 unspecified atom stereocenters. The Morgan fingerprint density at radius 2 is 1.47 bits per heavy atom. The van der Waals surface area contributed by atoms with Crippen molar-refractivity contribution in [1.82, 2.24) is 0 Å². The van der Waals surface area contributed by atoms with Crippen LogP contribution in [0.1, 0.15) is 99.3 Å². The maximum atomic E-state index is 11.3. The van der Waals surface area contributed by atoms with Crippen LogP contribution in [0.5, 0.6) is 0 Å². The molecule has 0 radical (unpaired) electrons. The van der Waals surface area contributed by atoms with Crippen LogP contribution in [-0.2, 0) is 4.74 Å². The van der Waals surface area contributed by atoms with Gasteiger partial charge in [-0.15, -0.1) is 0 Å². The van der Waals surface area contributed by atoms with E-state index in [0.29, 0.717) is 22.7 Å². The van der Waals surface area contributed by atoms with Gasteiger partial charge >= 0.3 is 0 Å². The fraction of sp³-hybridized carbons (Fsp3) is 0.933. The summed E-state index contributed by atoms with van der Waals surface area (Å²) in [7, 11) is 0. The van der Waals surface area contributed by atoms with Gasteiger partial charge in [0.25, 0.3) is 0 Å². The van der Waals surface area contributed by atoms with Gasteiger partial charge in [-0.1, -0.05) is 39.3 Å². The quantitative estimate of drug-likeness (QED) is 0.468. The summed E-state index contributed by atoms with van der Waals surface area (Å²) in [6, 6.07) is 0. The third-order valence-corrected chi connectivity index (χ3v) is 13.5. The molecule has 2 spiro atoms. The number of aliphatic hydroxyl groups is 3. The fourth-order valence-corrected chi connectivity index (χ4v) is 11.6. The van der Waals surface area contributed by atoms with Crippen molar-refractivity contribution in [2.24, 2.45) is 50.7 Å². The van der Waals surface area contributed by atoms with Crippen LogP contribution in [0.25, 0.3) is 0 Å². The molecule has 34 heavy (non-hydrogen) atoms. The van der Waals surface area contributed by atoms with E-state index in [1.54, 1.807) is 0 Å². The summed E-state index contributed by atoms with van der Waals surface area (Å²) < 4.78 is 5.91. The number of aliphatic hydroxyl groups excluding tert-OH is 3. The first-order valence-corrected chi connectivity index (χ1v) is 14.2. The van der Waals surface area contributed by atoms with Gasteiger partial charge in [0, 0.05) is 5.92 Å². The standard InChI is InChI=1S/C30H48O4/c1-17(2)15-19-24(32)23(25(33)34-19)18-9-11-28(6)21-8-7-20-26(3,4)22(31)10-12-29(20)16-30(21,29)14-13-27(18,28)5/h15,18-25,31-33H,7-14,16H2,1-6H3. The topological polar surface area (TPSA) is 69.9 Å². The van der Waals surface area contributed by atoms with E-state index in [-0.39, 0.29) is 28.3 Å². The van der Waals surface area contributed by atoms with E-state index in [9.17, 15) is 15.3 Å². The predicted molar refractivity (Wildman–Crippen MR) is 133 cm³/mol. The molecule has 4 nitrogen and oxygen atoms in total. The number of fused-ring (bicyclic) bond motifs is 2. The summed E-state index contributed by atoms with van der Waals surface area (Å²) in [4.78, 5) is 0. The van der Waals surface area contributed by atoms with E-state index >= 15 is 0 Å². The Balaban J connectivity index is 1.31. The average Bonchev–Trinajstić information content (AvgIpc) is 3.25. The Kier molecular flexibility index (Phi) is 5.01. The minimum absolute atomic E-state index is 0.0297. The zero-order valence-corrected chi connectivity index (χ0v) is 22.3. The minimum atomic E-state index is -0.876. The van der Waals surface area contributed by atoms with Crippen molar-refractivity contribution in [2.75, 3.05) is 0 Å². The van der Waals surface area contributed by atoms with Crippen LogP contribution < -0.4 is 0 Å². The fourth-order valence-electron chi connectivity index (χ4n) is 11.6. The molecule has 5 saturated carbocycles. The number of allylic oxidation sites excluding steroid dienone is 1. The van der Waals surface area contributed by atoms with E-state index in [0.717, 1.165) is 24.3 Å². The van der Waals surface area contributed by atoms with Gasteiger partial charge < -0.3 is 20.1 Å². The van der Waals surface area contributed by atoms with E-state index in [4.69, 9.17) is 4.74 Å². The molecular weight excluding hydrogens is 424 g/mol. The molecule has 6 fully saturated rings. The number of hydrogen-bond donors (Lipinski definition) is 3. The first kappa shape index (κ1) is 23.9. The predicted octanol–water partition coefficient (Wildman–Crippen LogP) is 5.45. The normalized spacial score (nSPS) is 59.4. The van der Waals surface area contributed by atoms with Gasteiger partial charge in [0.05, 0.1) is 12.2 Å². The Hall–Kier alpha value is -0.420. The lowest BCUT2D eigenvalue weighted by molar-refractivity contribution is -0.172. The van der Waals surface area contributed by atoms with Gasteiger partial charge in [0.15, 0.2) is 6.29 Å². The lowest BCUT2D eigenvalue weighted by Crippen LogP contribution is -2.58. The summed E-state index contributed by atoms with van der Waals surface area (Å²) in [6.45, 7) is 13.8. The summed E-state index contributed by atoms with van der Waals surface area (Å²) in [6.07, 6.45) is 10.8. The Bertz CT molecular complexity index is 892. The van der Waals surface area contributed by atoms with Gasteiger partial charge in [-0.05, 0) is 116 Å². The maximum absolute atomic E-state index is 11.3. The molecule has 192 valence electrons. The van der Waals surface area contributed by atoms with E-state index < -0.39 is 18.5 Å². The van der Waals surface area contributed by atoms with Gasteiger partial charge in [0.2, 0.25) is 0 Å². The van der Waals surface area contributed by atoms with Crippen molar-refractivity contribution in [3.63, 3.8) is 0 Å². The van der Waals surface area contributed by atoms with Crippen LogP contribution >= 0.6 is 0 Å². The second-order valence-electron chi connectivity index (χ2n) is 14.8. The van der Waals surface area contributed by atoms with Crippen molar-refractivity contribution < 1.29 is 20.1 Å². The molecule has 0 aromatic carbocycles. The summed E-state index contributed by atoms with van der Waals surface area (Å²) in [5.74, 6) is 1.49. The van der Waals surface area contributed by atoms with E-state index in [2.05, 4.69) is 27.7 Å². The second kappa shape index (κ2) is 7.11. The van der Waals surface area contributed by atoms with Crippen molar-refractivity contribution >= 4 is 0 Å². The van der Waals surface area contributed by atoms with Gasteiger partial charge in [-0.2, -0.15) is 0 Å². The van der Waals surface area contributed by atoms with Gasteiger partial charge in [-0.3, -0.25) is 0 Å². The lowest BCUT2D eigenvalue weighted by Gasteiger charge is -2.63. The Morgan fingerprint density at radius 1 is 0.794 bits per heavy atom. The SMILES string of the molecule is CC(C)=CC1OC(O)C(C2CCC3(C)C4CCC5C(C)(C)C(O)CCC56CC46CCC23C)C1O. The van der Waals surface area contributed by atoms with Crippen LogP contribution in [0.4, 0.5) is 0 Å². The third kappa shape index (κ3) is 2.65. The average molecular weight is 473 g/mol. The molecule has 12 atom stereocenters. The molecule has 0 aromatic rings. The molecule has 0 bridgehead atoms. The zero-order chi connectivity index (χ0) is 24.5. The highest BCUT2D eigenvalue weighted by molar-refractivity contribution is 5.31. The molecule has 1 saturated heterocycles. The summed E-state index contributed by atoms with van der Waals surface area (Å²) in [5, 5.41) is 33.1. The largest absolute Gasteiger partial charge is 0.393 e. The van der Waals surface area contributed by atoms with Crippen molar-refractivity contribution in [3.05, 3.63) is 11.6 Å². The van der Waals surface area contributed by atoms with Crippen molar-refractivity contribution in [1.29, 1.82) is 0 Å². The highest BCUT2D eigenvalue weighted by Gasteiger charge is 2.82. The van der Waals surface area contributed by atoms with Crippen LogP contribution in [0, 0.1) is 50.7 Å². The number of ether oxygens (including phenoxy) is 1. The molecule has 0 amide bonds. The molecule has 5 aliphatic carbocycles. The summed E-state index contributed by atoms with van der Waals surface area (Å²) in [5.41, 5.74) is 2.44. The van der Waals surface area contributed by atoms with E-state index in [1.807, 2.05) is 19.9 Å². The highest BCUT2D eigenvalue weighted by atomic mass is 16.6. The lowest BCUT2D eigenvalue weighted by atomic mass is 9.41. The molecule has 0 aromatic heterocycles. The Labute approximate surface area is 206 Å². The molecule has 4 heteroatoms. The smallest absolute Gasteiger partial charge is 0.161 e. The maximum Gasteiger partial charge on any atom is 0.161 e. The first-order valence-electron chi connectivity index (χ1n) is 14.2. The molecule has 3 N–H and O–H groups in total. The highest BCUT2D eigenvalue weighted by Crippen LogP contribution is 2.89. The Morgan fingerprint density at radius 3 is 2.18 bits per heavy atom. The van der Waals surface area contributed by atoms with Crippen LogP contribution in [0.15, 0.2) is 11.6 Å². The molecule has 1 heterocycles. The molecular formula is C30H48O4. The molecule has 6 aliphatic rings. The monoisotopic (exact) mass is 472 g/mol. The third-order valence-electron chi connectivity index (χ3n) is 13.5. The van der Waals surface area contributed by atoms with Gasteiger partial charge in [-0.25, -0.2) is 0 Å². The van der Waals surface area contributed by atoms with Gasteiger partial charge in [0.1, 0.15) is 6.10 Å². The number of hydrogen-bond acceptors (Lipinski definition) is 4. The van der Waals surface area contributed by atoms with Crippen LogP contribution in [0.3, 0.4) is 0 Å². The number of rotatable bonds is 2. The minimum Gasteiger partial charge on any atom is -0.393 e. The van der Waals surface area contributed by atoms with E-state index in [1.165, 1.54) is 44.9 Å². The van der Waals surface area contributed by atoms with Crippen molar-refractivity contribution in [2.45, 2.75) is 124 Å². The van der Waals surface area contributed by atoms with Crippen LogP contribution in [-0.4, -0.2) is 39.9 Å². The molecule has 1 aliphatic heterocycles.